The quantitative estimate of drug-likeness (QED) is 0.181. The summed E-state index contributed by atoms with van der Waals surface area (Å²) in [5.41, 5.74) is 8.86. The molecule has 47 heavy (non-hydrogen) atoms. The summed E-state index contributed by atoms with van der Waals surface area (Å²) in [5.74, 6) is 0. The number of para-hydroxylation sites is 1. The number of thiophene rings is 2. The molecule has 4 heteroatoms. The molecule has 9 aromatic rings. The number of pyridine rings is 1. The van der Waals surface area contributed by atoms with Crippen molar-refractivity contribution < 1.29 is 0 Å². The van der Waals surface area contributed by atoms with Crippen molar-refractivity contribution in [2.24, 2.45) is 0 Å². The van der Waals surface area contributed by atoms with Gasteiger partial charge in [-0.3, -0.25) is 0 Å². The number of hydrogen-bond acceptors (Lipinski definition) is 4. The van der Waals surface area contributed by atoms with Crippen LogP contribution in [0.15, 0.2) is 170 Å². The van der Waals surface area contributed by atoms with E-state index in [2.05, 4.69) is 169 Å². The van der Waals surface area contributed by atoms with Crippen molar-refractivity contribution in [1.82, 2.24) is 4.98 Å². The monoisotopic (exact) mass is 636 g/mol. The Kier molecular flexibility index (Phi) is 6.89. The number of benzene rings is 6. The van der Waals surface area contributed by atoms with Gasteiger partial charge in [-0.1, -0.05) is 97.1 Å². The molecule has 0 saturated carbocycles. The van der Waals surface area contributed by atoms with Gasteiger partial charge in [-0.15, -0.1) is 22.7 Å². The molecule has 0 aliphatic heterocycles. The van der Waals surface area contributed by atoms with Gasteiger partial charge in [-0.05, 0) is 94.7 Å². The highest BCUT2D eigenvalue weighted by atomic mass is 32.1. The van der Waals surface area contributed by atoms with Crippen LogP contribution >= 0.6 is 22.7 Å². The minimum atomic E-state index is 0.974. The lowest BCUT2D eigenvalue weighted by Gasteiger charge is -2.26. The summed E-state index contributed by atoms with van der Waals surface area (Å²) in [7, 11) is 0. The van der Waals surface area contributed by atoms with E-state index >= 15 is 0 Å². The highest BCUT2D eigenvalue weighted by Crippen LogP contribution is 2.40. The predicted molar refractivity (Wildman–Crippen MR) is 203 cm³/mol. The third-order valence-corrected chi connectivity index (χ3v) is 11.0. The lowest BCUT2D eigenvalue weighted by Crippen LogP contribution is -2.09. The van der Waals surface area contributed by atoms with E-state index in [1.165, 1.54) is 41.1 Å². The van der Waals surface area contributed by atoms with Crippen LogP contribution in [0.3, 0.4) is 0 Å². The molecule has 6 aromatic carbocycles. The van der Waals surface area contributed by atoms with E-state index in [0.29, 0.717) is 0 Å². The molecule has 0 unspecified atom stereocenters. The lowest BCUT2D eigenvalue weighted by atomic mass is 10.1. The maximum Gasteiger partial charge on any atom is 0.0709 e. The molecule has 0 saturated heterocycles. The van der Waals surface area contributed by atoms with Crippen LogP contribution in [0.5, 0.6) is 0 Å². The smallest absolute Gasteiger partial charge is 0.0709 e. The van der Waals surface area contributed by atoms with E-state index in [0.717, 1.165) is 39.2 Å². The molecular formula is C43H28N2S2. The zero-order valence-electron chi connectivity index (χ0n) is 25.4. The van der Waals surface area contributed by atoms with E-state index in [1.54, 1.807) is 0 Å². The third kappa shape index (κ3) is 5.28. The molecule has 0 N–H and O–H groups in total. The molecule has 2 nitrogen and oxygen atoms in total. The van der Waals surface area contributed by atoms with Crippen molar-refractivity contribution in [3.63, 3.8) is 0 Å². The Labute approximate surface area is 281 Å². The van der Waals surface area contributed by atoms with Gasteiger partial charge in [0.2, 0.25) is 0 Å². The predicted octanol–water partition coefficient (Wildman–Crippen LogP) is 13.1. The maximum absolute atomic E-state index is 4.93. The van der Waals surface area contributed by atoms with Crippen LogP contribution in [0.1, 0.15) is 0 Å². The number of anilines is 3. The summed E-state index contributed by atoms with van der Waals surface area (Å²) < 4.78 is 2.63. The van der Waals surface area contributed by atoms with Crippen LogP contribution < -0.4 is 4.90 Å². The number of nitrogens with zero attached hydrogens (tertiary/aromatic N) is 2. The number of rotatable bonds is 6. The summed E-state index contributed by atoms with van der Waals surface area (Å²) in [6.45, 7) is 0. The van der Waals surface area contributed by atoms with Gasteiger partial charge in [0, 0.05) is 47.2 Å². The van der Waals surface area contributed by atoms with Gasteiger partial charge in [0.05, 0.1) is 11.2 Å². The first-order chi connectivity index (χ1) is 23.2. The van der Waals surface area contributed by atoms with Gasteiger partial charge < -0.3 is 4.90 Å². The Hall–Kier alpha value is -5.55. The van der Waals surface area contributed by atoms with Crippen LogP contribution in [0.2, 0.25) is 0 Å². The average Bonchev–Trinajstić information content (AvgIpc) is 3.78. The summed E-state index contributed by atoms with van der Waals surface area (Å²) in [4.78, 5) is 9.83. The second-order valence-corrected chi connectivity index (χ2v) is 13.8. The first kappa shape index (κ1) is 27.7. The Morgan fingerprint density at radius 2 is 0.830 bits per heavy atom. The van der Waals surface area contributed by atoms with Crippen molar-refractivity contribution in [1.29, 1.82) is 0 Å². The maximum atomic E-state index is 4.93. The van der Waals surface area contributed by atoms with Gasteiger partial charge in [-0.25, -0.2) is 4.98 Å². The molecule has 0 radical (unpaired) electrons. The molecule has 0 aliphatic rings. The van der Waals surface area contributed by atoms with Crippen LogP contribution in [0, 0.1) is 0 Å². The molecule has 3 heterocycles. The molecule has 9 rings (SSSR count). The van der Waals surface area contributed by atoms with Crippen molar-refractivity contribution in [2.45, 2.75) is 0 Å². The Morgan fingerprint density at radius 3 is 1.34 bits per heavy atom. The van der Waals surface area contributed by atoms with Gasteiger partial charge in [0.25, 0.3) is 0 Å². The number of fused-ring (bicyclic) bond motifs is 3. The molecule has 3 aromatic heterocycles. The Balaban J connectivity index is 1.09. The van der Waals surface area contributed by atoms with Gasteiger partial charge in [0.15, 0.2) is 0 Å². The van der Waals surface area contributed by atoms with E-state index in [1.807, 2.05) is 28.7 Å². The van der Waals surface area contributed by atoms with Gasteiger partial charge in [-0.2, -0.15) is 0 Å². The molecule has 0 atom stereocenters. The highest BCUT2D eigenvalue weighted by molar-refractivity contribution is 7.22. The highest BCUT2D eigenvalue weighted by Gasteiger charge is 2.15. The van der Waals surface area contributed by atoms with Crippen molar-refractivity contribution >= 4 is 70.8 Å². The van der Waals surface area contributed by atoms with E-state index in [4.69, 9.17) is 4.98 Å². The van der Waals surface area contributed by atoms with E-state index in [-0.39, 0.29) is 0 Å². The topological polar surface area (TPSA) is 16.1 Å². The summed E-state index contributed by atoms with van der Waals surface area (Å²) in [6.07, 6.45) is 0. The molecule has 0 fully saturated rings. The second-order valence-electron chi connectivity index (χ2n) is 11.7. The van der Waals surface area contributed by atoms with Crippen molar-refractivity contribution in [2.75, 3.05) is 4.90 Å². The molecule has 0 bridgehead atoms. The molecule has 0 spiro atoms. The summed E-state index contributed by atoms with van der Waals surface area (Å²) in [5, 5.41) is 3.73. The largest absolute Gasteiger partial charge is 0.311 e. The van der Waals surface area contributed by atoms with E-state index < -0.39 is 0 Å². The SMILES string of the molecule is c1ccc2nc(-c3ccc(N(c4ccc(-c5cc6ccccc6s5)cc4)c4ccc(-c5cc6ccccc6s5)cc4)cc3)ccc2c1. The van der Waals surface area contributed by atoms with Crippen molar-refractivity contribution in [3.05, 3.63) is 170 Å². The normalized spacial score (nSPS) is 11.4. The lowest BCUT2D eigenvalue weighted by molar-refractivity contribution is 1.28. The fraction of sp³-hybridized carbons (Fsp3) is 0. The molecule has 0 aliphatic carbocycles. The van der Waals surface area contributed by atoms with Gasteiger partial charge >= 0.3 is 0 Å². The van der Waals surface area contributed by atoms with E-state index in [9.17, 15) is 0 Å². The second kappa shape index (κ2) is 11.7. The fourth-order valence-corrected chi connectivity index (χ4v) is 8.39. The van der Waals surface area contributed by atoms with Crippen LogP contribution in [-0.2, 0) is 0 Å². The standard InChI is InChI=1S/C43H28N2S2/c1-4-10-38-29(7-1)19-26-39(44-38)30-13-20-35(21-14-30)45(36-22-15-31(16-23-36)42-27-33-8-2-5-11-40(33)46-42)37-24-17-32(18-25-37)43-28-34-9-3-6-12-41(34)47-43/h1-28H. The fourth-order valence-electron chi connectivity index (χ4n) is 6.25. The van der Waals surface area contributed by atoms with Crippen molar-refractivity contribution in [3.8, 4) is 32.1 Å². The zero-order valence-corrected chi connectivity index (χ0v) is 27.0. The minimum absolute atomic E-state index is 0.974. The summed E-state index contributed by atoms with van der Waals surface area (Å²) in [6, 6.07) is 60.9. The first-order valence-electron chi connectivity index (χ1n) is 15.7. The molecule has 222 valence electrons. The van der Waals surface area contributed by atoms with Gasteiger partial charge in [0.1, 0.15) is 0 Å². The van der Waals surface area contributed by atoms with Crippen LogP contribution in [0.4, 0.5) is 17.1 Å². The zero-order chi connectivity index (χ0) is 31.2. The van der Waals surface area contributed by atoms with Crippen LogP contribution in [0.25, 0.3) is 63.2 Å². The van der Waals surface area contributed by atoms with Crippen LogP contribution in [-0.4, -0.2) is 4.98 Å². The minimum Gasteiger partial charge on any atom is -0.311 e. The average molecular weight is 637 g/mol. The third-order valence-electron chi connectivity index (χ3n) is 8.69. The molecule has 0 amide bonds. The summed E-state index contributed by atoms with van der Waals surface area (Å²) >= 11 is 3.68. The number of aromatic nitrogens is 1. The Bertz CT molecular complexity index is 2320. The number of hydrogen-bond donors (Lipinski definition) is 0. The first-order valence-corrected chi connectivity index (χ1v) is 17.3. The Morgan fingerprint density at radius 1 is 0.383 bits per heavy atom. The molecular weight excluding hydrogens is 609 g/mol.